The molecule has 1 N–H and O–H groups in total. The molecule has 0 fully saturated rings. The summed E-state index contributed by atoms with van der Waals surface area (Å²) in [5.41, 5.74) is 4.28. The number of para-hydroxylation sites is 1. The van der Waals surface area contributed by atoms with Gasteiger partial charge < -0.3 is 10.2 Å². The molecule has 0 aliphatic carbocycles. The summed E-state index contributed by atoms with van der Waals surface area (Å²) in [6, 6.07) is 16.0. The molecule has 0 bridgehead atoms. The Morgan fingerprint density at radius 1 is 0.862 bits per heavy atom. The SMILES string of the molecule is CC(=O)N(CCC(=O)Nc1c(C(C)C)cccc1C(C)C)C(C)c1ccccc1. The molecule has 1 unspecified atom stereocenters. The number of anilines is 1. The molecule has 0 radical (unpaired) electrons. The van der Waals surface area contributed by atoms with Crippen molar-refractivity contribution >= 4 is 17.5 Å². The van der Waals surface area contributed by atoms with Gasteiger partial charge in [0.2, 0.25) is 11.8 Å². The lowest BCUT2D eigenvalue weighted by Crippen LogP contribution is -2.34. The van der Waals surface area contributed by atoms with Crippen molar-refractivity contribution in [3.05, 3.63) is 65.2 Å². The van der Waals surface area contributed by atoms with E-state index in [4.69, 9.17) is 0 Å². The Balaban J connectivity index is 2.13. The van der Waals surface area contributed by atoms with Crippen LogP contribution in [0.2, 0.25) is 0 Å². The zero-order chi connectivity index (χ0) is 21.6. The highest BCUT2D eigenvalue weighted by molar-refractivity contribution is 5.93. The highest BCUT2D eigenvalue weighted by atomic mass is 16.2. The smallest absolute Gasteiger partial charge is 0.226 e. The van der Waals surface area contributed by atoms with E-state index in [1.54, 1.807) is 11.8 Å². The van der Waals surface area contributed by atoms with Crippen LogP contribution in [0.25, 0.3) is 0 Å². The quantitative estimate of drug-likeness (QED) is 0.608. The first-order chi connectivity index (χ1) is 13.7. The molecular formula is C25H34N2O2. The van der Waals surface area contributed by atoms with Gasteiger partial charge in [0.25, 0.3) is 0 Å². The minimum atomic E-state index is -0.0734. The number of nitrogens with one attached hydrogen (secondary N) is 1. The van der Waals surface area contributed by atoms with Crippen LogP contribution in [0.5, 0.6) is 0 Å². The summed E-state index contributed by atoms with van der Waals surface area (Å²) in [5.74, 6) is 0.540. The first-order valence-corrected chi connectivity index (χ1v) is 10.5. The average Bonchev–Trinajstić information content (AvgIpc) is 2.68. The molecule has 0 spiro atoms. The van der Waals surface area contributed by atoms with Crippen molar-refractivity contribution < 1.29 is 9.59 Å². The van der Waals surface area contributed by atoms with Crippen molar-refractivity contribution in [2.45, 2.75) is 65.8 Å². The Hall–Kier alpha value is -2.62. The number of benzene rings is 2. The van der Waals surface area contributed by atoms with Gasteiger partial charge in [-0.25, -0.2) is 0 Å². The third kappa shape index (κ3) is 5.93. The van der Waals surface area contributed by atoms with E-state index in [2.05, 4.69) is 51.2 Å². The van der Waals surface area contributed by atoms with Gasteiger partial charge in [-0.05, 0) is 35.4 Å². The molecule has 1 atom stereocenters. The van der Waals surface area contributed by atoms with Crippen LogP contribution in [0.4, 0.5) is 5.69 Å². The van der Waals surface area contributed by atoms with Gasteiger partial charge in [-0.15, -0.1) is 0 Å². The minimum absolute atomic E-state index is 0.0281. The van der Waals surface area contributed by atoms with Crippen molar-refractivity contribution in [2.24, 2.45) is 0 Å². The van der Waals surface area contributed by atoms with E-state index in [-0.39, 0.29) is 24.3 Å². The minimum Gasteiger partial charge on any atom is -0.336 e. The number of hydrogen-bond donors (Lipinski definition) is 1. The maximum atomic E-state index is 12.8. The summed E-state index contributed by atoms with van der Waals surface area (Å²) in [5, 5.41) is 3.14. The second-order valence-corrected chi connectivity index (χ2v) is 8.22. The molecule has 156 valence electrons. The van der Waals surface area contributed by atoms with Crippen molar-refractivity contribution in [1.82, 2.24) is 4.90 Å². The van der Waals surface area contributed by atoms with Crippen molar-refractivity contribution in [3.63, 3.8) is 0 Å². The topological polar surface area (TPSA) is 49.4 Å². The first kappa shape index (κ1) is 22.7. The molecule has 4 nitrogen and oxygen atoms in total. The van der Waals surface area contributed by atoms with E-state index in [1.165, 1.54) is 0 Å². The van der Waals surface area contributed by atoms with Crippen LogP contribution in [-0.2, 0) is 9.59 Å². The van der Waals surface area contributed by atoms with Gasteiger partial charge in [-0.2, -0.15) is 0 Å². The normalized spacial score (nSPS) is 12.1. The van der Waals surface area contributed by atoms with E-state index in [0.29, 0.717) is 18.4 Å². The summed E-state index contributed by atoms with van der Waals surface area (Å²) < 4.78 is 0. The number of nitrogens with zero attached hydrogens (tertiary/aromatic N) is 1. The number of carbonyl (C=O) groups is 2. The number of rotatable bonds is 8. The molecule has 2 aromatic rings. The van der Waals surface area contributed by atoms with Gasteiger partial charge in [0.15, 0.2) is 0 Å². The average molecular weight is 395 g/mol. The number of hydrogen-bond acceptors (Lipinski definition) is 2. The van der Waals surface area contributed by atoms with Crippen LogP contribution in [0, 0.1) is 0 Å². The lowest BCUT2D eigenvalue weighted by Gasteiger charge is -2.28. The highest BCUT2D eigenvalue weighted by Crippen LogP contribution is 2.32. The Labute approximate surface area is 175 Å². The molecule has 0 aromatic heterocycles. The van der Waals surface area contributed by atoms with Gasteiger partial charge in [0, 0.05) is 25.6 Å². The van der Waals surface area contributed by atoms with E-state index in [0.717, 1.165) is 22.4 Å². The molecule has 0 saturated carbocycles. The number of carbonyl (C=O) groups excluding carboxylic acids is 2. The molecule has 2 rings (SSSR count). The van der Waals surface area contributed by atoms with Gasteiger partial charge in [-0.3, -0.25) is 9.59 Å². The molecule has 2 aromatic carbocycles. The van der Waals surface area contributed by atoms with E-state index >= 15 is 0 Å². The monoisotopic (exact) mass is 394 g/mol. The van der Waals surface area contributed by atoms with Crippen molar-refractivity contribution in [2.75, 3.05) is 11.9 Å². The summed E-state index contributed by atoms with van der Waals surface area (Å²) in [6.45, 7) is 12.5. The molecule has 0 heterocycles. The fraction of sp³-hybridized carbons (Fsp3) is 0.440. The maximum Gasteiger partial charge on any atom is 0.226 e. The Bertz CT molecular complexity index is 802. The number of amides is 2. The second kappa shape index (κ2) is 10.2. The molecule has 4 heteroatoms. The molecule has 2 amide bonds. The lowest BCUT2D eigenvalue weighted by molar-refractivity contribution is -0.131. The first-order valence-electron chi connectivity index (χ1n) is 10.5. The van der Waals surface area contributed by atoms with Crippen LogP contribution in [-0.4, -0.2) is 23.3 Å². The summed E-state index contributed by atoms with van der Waals surface area (Å²) in [6.07, 6.45) is 0.265. The summed E-state index contributed by atoms with van der Waals surface area (Å²) in [4.78, 5) is 26.8. The molecule has 29 heavy (non-hydrogen) atoms. The van der Waals surface area contributed by atoms with E-state index in [1.807, 2.05) is 37.3 Å². The van der Waals surface area contributed by atoms with E-state index < -0.39 is 0 Å². The summed E-state index contributed by atoms with van der Waals surface area (Å²) >= 11 is 0. The standard InChI is InChI=1S/C25H34N2O2/c1-17(2)22-13-10-14-23(18(3)4)25(22)26-24(29)15-16-27(20(6)28)19(5)21-11-8-7-9-12-21/h7-14,17-19H,15-16H2,1-6H3,(H,26,29). The predicted octanol–water partition coefficient (Wildman–Crippen LogP) is 5.87. The Morgan fingerprint density at radius 2 is 1.41 bits per heavy atom. The maximum absolute atomic E-state index is 12.8. The zero-order valence-corrected chi connectivity index (χ0v) is 18.5. The van der Waals surface area contributed by atoms with Gasteiger partial charge >= 0.3 is 0 Å². The van der Waals surface area contributed by atoms with Crippen LogP contribution >= 0.6 is 0 Å². The largest absolute Gasteiger partial charge is 0.336 e. The van der Waals surface area contributed by atoms with Gasteiger partial charge in [-0.1, -0.05) is 76.2 Å². The van der Waals surface area contributed by atoms with Crippen LogP contribution in [0.15, 0.2) is 48.5 Å². The summed E-state index contributed by atoms with van der Waals surface area (Å²) in [7, 11) is 0. The van der Waals surface area contributed by atoms with Gasteiger partial charge in [0.05, 0.1) is 6.04 Å². The van der Waals surface area contributed by atoms with Crippen molar-refractivity contribution in [1.29, 1.82) is 0 Å². The lowest BCUT2D eigenvalue weighted by atomic mass is 9.92. The van der Waals surface area contributed by atoms with Crippen LogP contribution < -0.4 is 5.32 Å². The highest BCUT2D eigenvalue weighted by Gasteiger charge is 2.21. The van der Waals surface area contributed by atoms with Crippen LogP contribution in [0.3, 0.4) is 0 Å². The molecular weight excluding hydrogens is 360 g/mol. The Kier molecular flexibility index (Phi) is 8.00. The molecule has 0 aliphatic rings. The van der Waals surface area contributed by atoms with Crippen molar-refractivity contribution in [3.8, 4) is 0 Å². The third-order valence-electron chi connectivity index (χ3n) is 5.37. The zero-order valence-electron chi connectivity index (χ0n) is 18.5. The van der Waals surface area contributed by atoms with Crippen LogP contribution in [0.1, 0.15) is 82.5 Å². The Morgan fingerprint density at radius 3 is 1.90 bits per heavy atom. The fourth-order valence-electron chi connectivity index (χ4n) is 3.65. The fourth-order valence-corrected chi connectivity index (χ4v) is 3.65. The molecule has 0 aliphatic heterocycles. The predicted molar refractivity (Wildman–Crippen MR) is 120 cm³/mol. The second-order valence-electron chi connectivity index (χ2n) is 8.22. The molecule has 0 saturated heterocycles. The third-order valence-corrected chi connectivity index (χ3v) is 5.37. The van der Waals surface area contributed by atoms with Gasteiger partial charge in [0.1, 0.15) is 0 Å². The van der Waals surface area contributed by atoms with E-state index in [9.17, 15) is 9.59 Å².